The van der Waals surface area contributed by atoms with Crippen molar-refractivity contribution in [2.24, 2.45) is 0 Å². The number of rotatable bonds is 5. The van der Waals surface area contributed by atoms with Gasteiger partial charge >= 0.3 is 5.69 Å². The summed E-state index contributed by atoms with van der Waals surface area (Å²) < 4.78 is 5.07. The van der Waals surface area contributed by atoms with E-state index in [1.165, 1.54) is 13.2 Å². The van der Waals surface area contributed by atoms with Crippen LogP contribution in [0.4, 0.5) is 11.4 Å². The summed E-state index contributed by atoms with van der Waals surface area (Å²) in [5.41, 5.74) is 2.41. The standard InChI is InChI=1S/C16H17N3O3S/c1-11-8-14(19(20)21)15(22-2)9-13(11)18-16(23)17-10-12-6-4-3-5-7-12/h3-9H,10H2,1-2H3,(H2,17,18,23). The SMILES string of the molecule is COc1cc(NC(=S)NCc2ccccc2)c(C)cc1[N+](=O)[O-]. The second-order valence-electron chi connectivity index (χ2n) is 4.89. The number of hydrogen-bond acceptors (Lipinski definition) is 4. The Balaban J connectivity index is 2.07. The zero-order valence-electron chi connectivity index (χ0n) is 12.8. The van der Waals surface area contributed by atoms with Gasteiger partial charge in [0.15, 0.2) is 10.9 Å². The molecule has 2 aromatic carbocycles. The molecule has 7 heteroatoms. The van der Waals surface area contributed by atoms with Crippen LogP contribution in [0.2, 0.25) is 0 Å². The Morgan fingerprint density at radius 1 is 1.30 bits per heavy atom. The van der Waals surface area contributed by atoms with Gasteiger partial charge in [0.05, 0.1) is 12.0 Å². The molecule has 0 aliphatic rings. The maximum atomic E-state index is 11.0. The number of hydrogen-bond donors (Lipinski definition) is 2. The quantitative estimate of drug-likeness (QED) is 0.497. The van der Waals surface area contributed by atoms with E-state index in [4.69, 9.17) is 17.0 Å². The van der Waals surface area contributed by atoms with Crippen molar-refractivity contribution in [3.63, 3.8) is 0 Å². The number of aryl methyl sites for hydroxylation is 1. The molecule has 23 heavy (non-hydrogen) atoms. The van der Waals surface area contributed by atoms with Crippen molar-refractivity contribution in [1.29, 1.82) is 0 Å². The number of ether oxygens (including phenoxy) is 1. The first kappa shape index (κ1) is 16.7. The summed E-state index contributed by atoms with van der Waals surface area (Å²) in [7, 11) is 1.40. The Bertz CT molecular complexity index is 720. The Labute approximate surface area is 139 Å². The van der Waals surface area contributed by atoms with Crippen LogP contribution in [0.5, 0.6) is 5.75 Å². The van der Waals surface area contributed by atoms with Crippen LogP contribution in [0, 0.1) is 17.0 Å². The number of nitro benzene ring substituents is 1. The molecule has 0 saturated carbocycles. The van der Waals surface area contributed by atoms with E-state index >= 15 is 0 Å². The first-order valence-electron chi connectivity index (χ1n) is 6.93. The Morgan fingerprint density at radius 2 is 2.00 bits per heavy atom. The molecule has 0 amide bonds. The Morgan fingerprint density at radius 3 is 2.61 bits per heavy atom. The van der Waals surface area contributed by atoms with Crippen LogP contribution in [0.15, 0.2) is 42.5 Å². The van der Waals surface area contributed by atoms with E-state index in [-0.39, 0.29) is 11.4 Å². The summed E-state index contributed by atoms with van der Waals surface area (Å²) in [6, 6.07) is 12.9. The summed E-state index contributed by atoms with van der Waals surface area (Å²) in [4.78, 5) is 10.5. The highest BCUT2D eigenvalue weighted by molar-refractivity contribution is 7.80. The van der Waals surface area contributed by atoms with Crippen molar-refractivity contribution in [2.75, 3.05) is 12.4 Å². The minimum atomic E-state index is -0.471. The normalized spacial score (nSPS) is 10.0. The van der Waals surface area contributed by atoms with Crippen molar-refractivity contribution >= 4 is 28.7 Å². The van der Waals surface area contributed by atoms with E-state index in [9.17, 15) is 10.1 Å². The van der Waals surface area contributed by atoms with Crippen molar-refractivity contribution < 1.29 is 9.66 Å². The highest BCUT2D eigenvalue weighted by Gasteiger charge is 2.17. The number of methoxy groups -OCH3 is 1. The van der Waals surface area contributed by atoms with Gasteiger partial charge in [0.25, 0.3) is 0 Å². The van der Waals surface area contributed by atoms with Crippen LogP contribution < -0.4 is 15.4 Å². The van der Waals surface area contributed by atoms with Gasteiger partial charge in [-0.2, -0.15) is 0 Å². The van der Waals surface area contributed by atoms with Gasteiger partial charge < -0.3 is 15.4 Å². The monoisotopic (exact) mass is 331 g/mol. The van der Waals surface area contributed by atoms with Crippen molar-refractivity contribution in [3.05, 3.63) is 63.7 Å². The van der Waals surface area contributed by atoms with E-state index in [0.717, 1.165) is 5.56 Å². The highest BCUT2D eigenvalue weighted by atomic mass is 32.1. The summed E-state index contributed by atoms with van der Waals surface area (Å²) in [6.07, 6.45) is 0. The Kier molecular flexibility index (Phi) is 5.48. The molecular formula is C16H17N3O3S. The van der Waals surface area contributed by atoms with Gasteiger partial charge in [-0.1, -0.05) is 30.3 Å². The summed E-state index contributed by atoms with van der Waals surface area (Å²) >= 11 is 5.26. The van der Waals surface area contributed by atoms with Crippen LogP contribution in [0.25, 0.3) is 0 Å². The molecule has 0 saturated heterocycles. The lowest BCUT2D eigenvalue weighted by atomic mass is 10.1. The van der Waals surface area contributed by atoms with Gasteiger partial charge in [0.1, 0.15) is 0 Å². The van der Waals surface area contributed by atoms with Gasteiger partial charge in [-0.3, -0.25) is 10.1 Å². The number of thiocarbonyl (C=S) groups is 1. The smallest absolute Gasteiger partial charge is 0.311 e. The first-order chi connectivity index (χ1) is 11.0. The van der Waals surface area contributed by atoms with Gasteiger partial charge in [-0.15, -0.1) is 0 Å². The number of nitrogens with one attached hydrogen (secondary N) is 2. The lowest BCUT2D eigenvalue weighted by molar-refractivity contribution is -0.385. The largest absolute Gasteiger partial charge is 0.490 e. The number of nitrogens with zero attached hydrogens (tertiary/aromatic N) is 1. The molecule has 0 atom stereocenters. The third kappa shape index (κ3) is 4.40. The van der Waals surface area contributed by atoms with E-state index < -0.39 is 4.92 Å². The van der Waals surface area contributed by atoms with Gasteiger partial charge in [-0.05, 0) is 30.3 Å². The van der Waals surface area contributed by atoms with Crippen LogP contribution in [-0.2, 0) is 6.54 Å². The molecule has 6 nitrogen and oxygen atoms in total. The fourth-order valence-corrected chi connectivity index (χ4v) is 2.24. The molecule has 0 aromatic heterocycles. The molecule has 0 fully saturated rings. The second kappa shape index (κ2) is 7.55. The highest BCUT2D eigenvalue weighted by Crippen LogP contribution is 2.32. The molecular weight excluding hydrogens is 314 g/mol. The molecule has 0 spiro atoms. The lowest BCUT2D eigenvalue weighted by Gasteiger charge is -2.14. The molecule has 0 aliphatic heterocycles. The van der Waals surface area contributed by atoms with Gasteiger partial charge in [-0.25, -0.2) is 0 Å². The Hall–Kier alpha value is -2.67. The molecule has 2 N–H and O–H groups in total. The lowest BCUT2D eigenvalue weighted by Crippen LogP contribution is -2.28. The third-order valence-electron chi connectivity index (χ3n) is 3.27. The van der Waals surface area contributed by atoms with Gasteiger partial charge in [0.2, 0.25) is 0 Å². The maximum absolute atomic E-state index is 11.0. The van der Waals surface area contributed by atoms with Crippen LogP contribution >= 0.6 is 12.2 Å². The van der Waals surface area contributed by atoms with Crippen LogP contribution in [0.1, 0.15) is 11.1 Å². The van der Waals surface area contributed by atoms with Crippen LogP contribution in [-0.4, -0.2) is 17.1 Å². The van der Waals surface area contributed by atoms with Crippen molar-refractivity contribution in [1.82, 2.24) is 5.32 Å². The zero-order valence-corrected chi connectivity index (χ0v) is 13.6. The average Bonchev–Trinajstić information content (AvgIpc) is 2.55. The van der Waals surface area contributed by atoms with Gasteiger partial charge in [0, 0.05) is 24.4 Å². The molecule has 0 unspecified atom stereocenters. The fourth-order valence-electron chi connectivity index (χ4n) is 2.06. The molecule has 0 bridgehead atoms. The predicted molar refractivity (Wildman–Crippen MR) is 93.9 cm³/mol. The minimum Gasteiger partial charge on any atom is -0.490 e. The van der Waals surface area contributed by atoms with Crippen molar-refractivity contribution in [3.8, 4) is 5.75 Å². The van der Waals surface area contributed by atoms with E-state index in [0.29, 0.717) is 22.9 Å². The number of nitro groups is 1. The fraction of sp³-hybridized carbons (Fsp3) is 0.188. The van der Waals surface area contributed by atoms with E-state index in [1.807, 2.05) is 30.3 Å². The summed E-state index contributed by atoms with van der Waals surface area (Å²) in [6.45, 7) is 2.37. The first-order valence-corrected chi connectivity index (χ1v) is 7.34. The van der Waals surface area contributed by atoms with E-state index in [2.05, 4.69) is 10.6 Å². The predicted octanol–water partition coefficient (Wildman–Crippen LogP) is 3.40. The maximum Gasteiger partial charge on any atom is 0.311 e. The molecule has 0 aliphatic carbocycles. The molecule has 2 aromatic rings. The topological polar surface area (TPSA) is 76.4 Å². The number of benzene rings is 2. The molecule has 120 valence electrons. The minimum absolute atomic E-state index is 0.0706. The molecule has 0 heterocycles. The molecule has 2 rings (SSSR count). The molecule has 0 radical (unpaired) electrons. The number of anilines is 1. The summed E-state index contributed by atoms with van der Waals surface area (Å²) in [5.74, 6) is 0.189. The third-order valence-corrected chi connectivity index (χ3v) is 3.51. The summed E-state index contributed by atoms with van der Waals surface area (Å²) in [5, 5.41) is 17.6. The average molecular weight is 331 g/mol. The second-order valence-corrected chi connectivity index (χ2v) is 5.30. The van der Waals surface area contributed by atoms with Crippen molar-refractivity contribution in [2.45, 2.75) is 13.5 Å². The van der Waals surface area contributed by atoms with Crippen LogP contribution in [0.3, 0.4) is 0 Å². The zero-order chi connectivity index (χ0) is 16.8. The van der Waals surface area contributed by atoms with E-state index in [1.54, 1.807) is 13.0 Å².